The Labute approximate surface area is 113 Å². The molecule has 2 heteroatoms. The number of benzene rings is 1. The van der Waals surface area contributed by atoms with Gasteiger partial charge in [0.1, 0.15) is 0 Å². The molecule has 0 aliphatic carbocycles. The van der Waals surface area contributed by atoms with Gasteiger partial charge >= 0.3 is 0 Å². The molecule has 1 aromatic rings. The van der Waals surface area contributed by atoms with E-state index in [1.54, 1.807) is 0 Å². The maximum Gasteiger partial charge on any atom is 0.0792 e. The Balaban J connectivity index is 2.38. The molecule has 0 saturated carbocycles. The van der Waals surface area contributed by atoms with Crippen molar-refractivity contribution in [2.45, 2.75) is 58.5 Å². The summed E-state index contributed by atoms with van der Waals surface area (Å²) in [5.41, 5.74) is 2.24. The smallest absolute Gasteiger partial charge is 0.0792 e. The zero-order chi connectivity index (χ0) is 12.7. The molecule has 0 amide bonds. The first kappa shape index (κ1) is 14.7. The molecule has 0 aliphatic heterocycles. The van der Waals surface area contributed by atoms with Crippen LogP contribution in [0.5, 0.6) is 0 Å². The van der Waals surface area contributed by atoms with Gasteiger partial charge in [0.05, 0.1) is 6.10 Å². The van der Waals surface area contributed by atoms with Crippen LogP contribution in [0.2, 0.25) is 0 Å². The Morgan fingerprint density at radius 3 is 2.53 bits per heavy atom. The molecule has 0 aliphatic rings. The van der Waals surface area contributed by atoms with Crippen LogP contribution in [-0.2, 0) is 0 Å². The fourth-order valence-corrected chi connectivity index (χ4v) is 2.59. The normalized spacial score (nSPS) is 12.7. The highest BCUT2D eigenvalue weighted by Gasteiger charge is 2.09. The number of rotatable bonds is 7. The summed E-state index contributed by atoms with van der Waals surface area (Å²) in [6.45, 7) is 4.28. The molecular weight excluding hydrogens is 276 g/mol. The third-order valence-corrected chi connectivity index (χ3v) is 3.67. The van der Waals surface area contributed by atoms with E-state index in [9.17, 15) is 5.11 Å². The van der Waals surface area contributed by atoms with Crippen LogP contribution in [0.25, 0.3) is 0 Å². The lowest BCUT2D eigenvalue weighted by Crippen LogP contribution is -2.00. The molecule has 1 aromatic carbocycles. The van der Waals surface area contributed by atoms with E-state index in [1.165, 1.54) is 31.2 Å². The average molecular weight is 299 g/mol. The Morgan fingerprint density at radius 2 is 1.88 bits per heavy atom. The highest BCUT2D eigenvalue weighted by atomic mass is 79.9. The van der Waals surface area contributed by atoms with Crippen molar-refractivity contribution in [3.05, 3.63) is 33.8 Å². The van der Waals surface area contributed by atoms with Gasteiger partial charge in [0.25, 0.3) is 0 Å². The fraction of sp³-hybridized carbons (Fsp3) is 0.600. The summed E-state index contributed by atoms with van der Waals surface area (Å²) in [5.74, 6) is 0. The quantitative estimate of drug-likeness (QED) is 0.690. The summed E-state index contributed by atoms with van der Waals surface area (Å²) < 4.78 is 1.08. The van der Waals surface area contributed by atoms with Crippen molar-refractivity contribution >= 4 is 15.9 Å². The first-order valence-electron chi connectivity index (χ1n) is 6.59. The fourth-order valence-electron chi connectivity index (χ4n) is 2.11. The molecule has 0 heterocycles. The van der Waals surface area contributed by atoms with Crippen LogP contribution in [0, 0.1) is 6.92 Å². The third-order valence-electron chi connectivity index (χ3n) is 3.17. The van der Waals surface area contributed by atoms with Gasteiger partial charge in [0.15, 0.2) is 0 Å². The van der Waals surface area contributed by atoms with Crippen LogP contribution in [0.3, 0.4) is 0 Å². The zero-order valence-corrected chi connectivity index (χ0v) is 12.5. The minimum Gasteiger partial charge on any atom is -0.388 e. The minimum atomic E-state index is -0.301. The van der Waals surface area contributed by atoms with Crippen molar-refractivity contribution in [2.24, 2.45) is 0 Å². The average Bonchev–Trinajstić information content (AvgIpc) is 2.28. The molecule has 1 nitrogen and oxygen atoms in total. The number of aryl methyl sites for hydroxylation is 1. The zero-order valence-electron chi connectivity index (χ0n) is 10.9. The van der Waals surface area contributed by atoms with Gasteiger partial charge in [-0.1, -0.05) is 61.0 Å². The molecule has 0 fully saturated rings. The Morgan fingerprint density at radius 1 is 1.18 bits per heavy atom. The highest BCUT2D eigenvalue weighted by molar-refractivity contribution is 9.10. The largest absolute Gasteiger partial charge is 0.388 e. The molecule has 0 bridgehead atoms. The summed E-state index contributed by atoms with van der Waals surface area (Å²) in [6, 6.07) is 6.09. The molecule has 96 valence electrons. The molecule has 1 unspecified atom stereocenters. The summed E-state index contributed by atoms with van der Waals surface area (Å²) in [7, 11) is 0. The molecule has 1 atom stereocenters. The summed E-state index contributed by atoms with van der Waals surface area (Å²) >= 11 is 3.44. The van der Waals surface area contributed by atoms with Crippen molar-refractivity contribution in [1.82, 2.24) is 0 Å². The van der Waals surface area contributed by atoms with E-state index in [0.29, 0.717) is 0 Å². The van der Waals surface area contributed by atoms with Crippen LogP contribution in [0.1, 0.15) is 62.7 Å². The van der Waals surface area contributed by atoms with E-state index in [2.05, 4.69) is 35.8 Å². The van der Waals surface area contributed by atoms with Gasteiger partial charge in [0, 0.05) is 4.47 Å². The molecule has 1 N–H and O–H groups in total. The van der Waals surface area contributed by atoms with E-state index in [4.69, 9.17) is 0 Å². The number of hydrogen-bond acceptors (Lipinski definition) is 1. The van der Waals surface area contributed by atoms with E-state index >= 15 is 0 Å². The highest BCUT2D eigenvalue weighted by Crippen LogP contribution is 2.25. The second-order valence-corrected chi connectivity index (χ2v) is 5.64. The van der Waals surface area contributed by atoms with Crippen LogP contribution in [0.15, 0.2) is 22.7 Å². The lowest BCUT2D eigenvalue weighted by molar-refractivity contribution is 0.162. The minimum absolute atomic E-state index is 0.301. The molecule has 1 rings (SSSR count). The van der Waals surface area contributed by atoms with Crippen LogP contribution >= 0.6 is 15.9 Å². The van der Waals surface area contributed by atoms with Gasteiger partial charge in [-0.25, -0.2) is 0 Å². The number of aliphatic hydroxyl groups is 1. The van der Waals surface area contributed by atoms with E-state index in [0.717, 1.165) is 22.9 Å². The second-order valence-electron chi connectivity index (χ2n) is 4.72. The number of unbranched alkanes of at least 4 members (excludes halogenated alkanes) is 4. The second kappa shape index (κ2) is 7.88. The van der Waals surface area contributed by atoms with Gasteiger partial charge in [-0.05, 0) is 36.6 Å². The first-order valence-corrected chi connectivity index (χ1v) is 7.38. The maximum absolute atomic E-state index is 10.1. The van der Waals surface area contributed by atoms with Gasteiger partial charge < -0.3 is 5.11 Å². The molecule has 0 radical (unpaired) electrons. The summed E-state index contributed by atoms with van der Waals surface area (Å²) in [6.07, 6.45) is 6.82. The molecule has 0 spiro atoms. The van der Waals surface area contributed by atoms with Crippen LogP contribution < -0.4 is 0 Å². The monoisotopic (exact) mass is 298 g/mol. The number of aliphatic hydroxyl groups excluding tert-OH is 1. The van der Waals surface area contributed by atoms with Crippen molar-refractivity contribution in [3.63, 3.8) is 0 Å². The first-order chi connectivity index (χ1) is 8.15. The van der Waals surface area contributed by atoms with Crippen LogP contribution in [0.4, 0.5) is 0 Å². The lowest BCUT2D eigenvalue weighted by Gasteiger charge is -2.13. The van der Waals surface area contributed by atoms with Crippen molar-refractivity contribution in [1.29, 1.82) is 0 Å². The molecule has 0 aromatic heterocycles. The summed E-state index contributed by atoms with van der Waals surface area (Å²) in [5, 5.41) is 10.1. The summed E-state index contributed by atoms with van der Waals surface area (Å²) in [4.78, 5) is 0. The molecule has 17 heavy (non-hydrogen) atoms. The van der Waals surface area contributed by atoms with Gasteiger partial charge in [-0.2, -0.15) is 0 Å². The Hall–Kier alpha value is -0.340. The van der Waals surface area contributed by atoms with Crippen LogP contribution in [-0.4, -0.2) is 5.11 Å². The van der Waals surface area contributed by atoms with E-state index in [-0.39, 0.29) is 6.10 Å². The molecule has 0 saturated heterocycles. The number of halogens is 1. The van der Waals surface area contributed by atoms with Gasteiger partial charge in [-0.15, -0.1) is 0 Å². The third kappa shape index (κ3) is 5.22. The van der Waals surface area contributed by atoms with E-state index in [1.807, 2.05) is 12.1 Å². The maximum atomic E-state index is 10.1. The topological polar surface area (TPSA) is 20.2 Å². The van der Waals surface area contributed by atoms with Crippen molar-refractivity contribution < 1.29 is 5.11 Å². The SMILES string of the molecule is CCCCCCCC(O)c1ccc(Br)cc1C. The lowest BCUT2D eigenvalue weighted by atomic mass is 9.98. The molecular formula is C15H23BrO. The van der Waals surface area contributed by atoms with Gasteiger partial charge in [0.2, 0.25) is 0 Å². The number of hydrogen-bond donors (Lipinski definition) is 1. The predicted octanol–water partition coefficient (Wildman–Crippen LogP) is 5.15. The van der Waals surface area contributed by atoms with Crippen molar-refractivity contribution in [3.8, 4) is 0 Å². The Bertz CT molecular complexity index is 336. The van der Waals surface area contributed by atoms with E-state index < -0.39 is 0 Å². The van der Waals surface area contributed by atoms with Crippen molar-refractivity contribution in [2.75, 3.05) is 0 Å². The van der Waals surface area contributed by atoms with Gasteiger partial charge in [-0.3, -0.25) is 0 Å². The Kier molecular flexibility index (Phi) is 6.83. The standard InChI is InChI=1S/C15H23BrO/c1-3-4-5-6-7-8-15(17)14-10-9-13(16)11-12(14)2/h9-11,15,17H,3-8H2,1-2H3. The predicted molar refractivity (Wildman–Crippen MR) is 77.2 cm³/mol.